The number of pyridine rings is 1. The SMILES string of the molecule is CCCCc1cc(-c2ccc(F)cc2)c(-c2cncs2)cn1. The zero-order chi connectivity index (χ0) is 15.4. The molecule has 112 valence electrons. The van der Waals surface area contributed by atoms with E-state index < -0.39 is 0 Å². The highest BCUT2D eigenvalue weighted by atomic mass is 32.1. The zero-order valence-electron chi connectivity index (χ0n) is 12.4. The third-order valence-electron chi connectivity index (χ3n) is 3.60. The summed E-state index contributed by atoms with van der Waals surface area (Å²) < 4.78 is 13.2. The summed E-state index contributed by atoms with van der Waals surface area (Å²) in [6.07, 6.45) is 6.99. The third-order valence-corrected chi connectivity index (χ3v) is 4.41. The number of thiazole rings is 1. The fourth-order valence-electron chi connectivity index (χ4n) is 2.41. The number of hydrogen-bond acceptors (Lipinski definition) is 3. The minimum absolute atomic E-state index is 0.219. The summed E-state index contributed by atoms with van der Waals surface area (Å²) in [6.45, 7) is 2.17. The quantitative estimate of drug-likeness (QED) is 0.634. The second kappa shape index (κ2) is 6.79. The molecule has 0 N–H and O–H groups in total. The van der Waals surface area contributed by atoms with Crippen LogP contribution < -0.4 is 0 Å². The molecule has 4 heteroatoms. The number of nitrogens with zero attached hydrogens (tertiary/aromatic N) is 2. The van der Waals surface area contributed by atoms with Crippen molar-refractivity contribution >= 4 is 11.3 Å². The van der Waals surface area contributed by atoms with Gasteiger partial charge in [0.1, 0.15) is 5.82 Å². The number of unbranched alkanes of at least 4 members (excludes halogenated alkanes) is 1. The van der Waals surface area contributed by atoms with Crippen molar-refractivity contribution in [2.75, 3.05) is 0 Å². The number of hydrogen-bond donors (Lipinski definition) is 0. The molecule has 2 heterocycles. The van der Waals surface area contributed by atoms with Crippen LogP contribution in [0.4, 0.5) is 4.39 Å². The predicted octanol–water partition coefficient (Wildman–Crippen LogP) is 5.35. The van der Waals surface area contributed by atoms with Gasteiger partial charge in [-0.3, -0.25) is 9.97 Å². The lowest BCUT2D eigenvalue weighted by Gasteiger charge is -2.10. The molecule has 0 unspecified atom stereocenters. The van der Waals surface area contributed by atoms with Gasteiger partial charge in [-0.15, -0.1) is 11.3 Å². The van der Waals surface area contributed by atoms with Crippen LogP contribution in [-0.2, 0) is 6.42 Å². The van der Waals surface area contributed by atoms with Crippen LogP contribution in [0.2, 0.25) is 0 Å². The molecule has 0 aliphatic carbocycles. The number of halogens is 1. The lowest BCUT2D eigenvalue weighted by molar-refractivity contribution is 0.628. The number of benzene rings is 1. The molecule has 2 aromatic heterocycles. The average Bonchev–Trinajstić information content (AvgIpc) is 3.08. The molecule has 0 radical (unpaired) electrons. The highest BCUT2D eigenvalue weighted by Gasteiger charge is 2.11. The van der Waals surface area contributed by atoms with E-state index in [4.69, 9.17) is 0 Å². The van der Waals surface area contributed by atoms with E-state index >= 15 is 0 Å². The minimum Gasteiger partial charge on any atom is -0.261 e. The molecular formula is C18H17FN2S. The molecule has 3 aromatic rings. The number of rotatable bonds is 5. The summed E-state index contributed by atoms with van der Waals surface area (Å²) in [5, 5.41) is 0. The Labute approximate surface area is 133 Å². The van der Waals surface area contributed by atoms with Gasteiger partial charge in [0.25, 0.3) is 0 Å². The van der Waals surface area contributed by atoms with Gasteiger partial charge in [-0.2, -0.15) is 0 Å². The van der Waals surface area contributed by atoms with Crippen LogP contribution in [0.25, 0.3) is 21.6 Å². The first-order chi connectivity index (χ1) is 10.8. The van der Waals surface area contributed by atoms with E-state index in [1.165, 1.54) is 12.1 Å². The summed E-state index contributed by atoms with van der Waals surface area (Å²) in [5.74, 6) is -0.219. The first kappa shape index (κ1) is 14.9. The lowest BCUT2D eigenvalue weighted by Crippen LogP contribution is -1.93. The van der Waals surface area contributed by atoms with Crippen LogP contribution in [0.5, 0.6) is 0 Å². The van der Waals surface area contributed by atoms with Crippen molar-refractivity contribution in [3.8, 4) is 21.6 Å². The van der Waals surface area contributed by atoms with Crippen molar-refractivity contribution < 1.29 is 4.39 Å². The van der Waals surface area contributed by atoms with Crippen LogP contribution in [0.15, 0.2) is 48.2 Å². The first-order valence-corrected chi connectivity index (χ1v) is 8.29. The Hall–Kier alpha value is -2.07. The number of aromatic nitrogens is 2. The second-order valence-electron chi connectivity index (χ2n) is 5.20. The Balaban J connectivity index is 2.08. The van der Waals surface area contributed by atoms with E-state index in [9.17, 15) is 4.39 Å². The van der Waals surface area contributed by atoms with Crippen LogP contribution in [0, 0.1) is 5.82 Å². The Bertz CT molecular complexity index is 736. The normalized spacial score (nSPS) is 10.8. The molecule has 22 heavy (non-hydrogen) atoms. The molecule has 0 saturated carbocycles. The van der Waals surface area contributed by atoms with E-state index in [1.54, 1.807) is 11.3 Å². The van der Waals surface area contributed by atoms with Crippen LogP contribution >= 0.6 is 11.3 Å². The van der Waals surface area contributed by atoms with Gasteiger partial charge in [0, 0.05) is 23.7 Å². The standard InChI is InChI=1S/C18H17FN2S/c1-2-3-4-15-9-16(13-5-7-14(19)8-6-13)17(10-21-15)18-11-20-12-22-18/h5-12H,2-4H2,1H3. The Morgan fingerprint density at radius 1 is 1.09 bits per heavy atom. The van der Waals surface area contributed by atoms with Gasteiger partial charge in [0.05, 0.1) is 10.4 Å². The average molecular weight is 312 g/mol. The van der Waals surface area contributed by atoms with E-state index in [0.29, 0.717) is 0 Å². The maximum Gasteiger partial charge on any atom is 0.123 e. The van der Waals surface area contributed by atoms with Gasteiger partial charge >= 0.3 is 0 Å². The molecular weight excluding hydrogens is 295 g/mol. The Kier molecular flexibility index (Phi) is 4.59. The van der Waals surface area contributed by atoms with Crippen molar-refractivity contribution in [1.82, 2.24) is 9.97 Å². The monoisotopic (exact) mass is 312 g/mol. The van der Waals surface area contributed by atoms with E-state index in [0.717, 1.165) is 46.5 Å². The fraction of sp³-hybridized carbons (Fsp3) is 0.222. The topological polar surface area (TPSA) is 25.8 Å². The lowest BCUT2D eigenvalue weighted by atomic mass is 9.99. The number of aryl methyl sites for hydroxylation is 1. The van der Waals surface area contributed by atoms with Crippen LogP contribution in [0.3, 0.4) is 0 Å². The van der Waals surface area contributed by atoms with Crippen LogP contribution in [0.1, 0.15) is 25.5 Å². The summed E-state index contributed by atoms with van der Waals surface area (Å²) in [7, 11) is 0. The van der Waals surface area contributed by atoms with Gasteiger partial charge in [-0.25, -0.2) is 4.39 Å². The predicted molar refractivity (Wildman–Crippen MR) is 89.4 cm³/mol. The molecule has 0 amide bonds. The van der Waals surface area contributed by atoms with Gasteiger partial charge in [0.2, 0.25) is 0 Å². The van der Waals surface area contributed by atoms with Crippen molar-refractivity contribution in [1.29, 1.82) is 0 Å². The molecule has 0 atom stereocenters. The minimum atomic E-state index is -0.219. The maximum atomic E-state index is 13.2. The van der Waals surface area contributed by atoms with Crippen molar-refractivity contribution in [2.45, 2.75) is 26.2 Å². The molecule has 2 nitrogen and oxygen atoms in total. The second-order valence-corrected chi connectivity index (χ2v) is 6.08. The summed E-state index contributed by atoms with van der Waals surface area (Å²) in [5.41, 5.74) is 6.04. The maximum absolute atomic E-state index is 13.2. The van der Waals surface area contributed by atoms with Gasteiger partial charge in [-0.05, 0) is 42.2 Å². The van der Waals surface area contributed by atoms with Gasteiger partial charge in [0.15, 0.2) is 0 Å². The Morgan fingerprint density at radius 2 is 1.91 bits per heavy atom. The van der Waals surface area contributed by atoms with Crippen molar-refractivity contribution in [3.63, 3.8) is 0 Å². The molecule has 0 aliphatic heterocycles. The third kappa shape index (κ3) is 3.22. The van der Waals surface area contributed by atoms with E-state index in [1.807, 2.05) is 30.0 Å². The molecule has 3 rings (SSSR count). The van der Waals surface area contributed by atoms with Crippen LogP contribution in [-0.4, -0.2) is 9.97 Å². The van der Waals surface area contributed by atoms with Gasteiger partial charge < -0.3 is 0 Å². The summed E-state index contributed by atoms with van der Waals surface area (Å²) in [6, 6.07) is 8.76. The first-order valence-electron chi connectivity index (χ1n) is 7.41. The molecule has 0 bridgehead atoms. The van der Waals surface area contributed by atoms with Crippen molar-refractivity contribution in [3.05, 3.63) is 59.7 Å². The summed E-state index contributed by atoms with van der Waals surface area (Å²) in [4.78, 5) is 9.81. The van der Waals surface area contributed by atoms with Crippen molar-refractivity contribution in [2.24, 2.45) is 0 Å². The smallest absolute Gasteiger partial charge is 0.123 e. The zero-order valence-corrected chi connectivity index (χ0v) is 13.2. The highest BCUT2D eigenvalue weighted by molar-refractivity contribution is 7.13. The Morgan fingerprint density at radius 3 is 2.59 bits per heavy atom. The van der Waals surface area contributed by atoms with Gasteiger partial charge in [-0.1, -0.05) is 25.5 Å². The molecule has 0 fully saturated rings. The summed E-state index contributed by atoms with van der Waals surface area (Å²) >= 11 is 1.59. The highest BCUT2D eigenvalue weighted by Crippen LogP contribution is 2.34. The fourth-order valence-corrected chi connectivity index (χ4v) is 3.05. The molecule has 1 aromatic carbocycles. The molecule has 0 saturated heterocycles. The largest absolute Gasteiger partial charge is 0.261 e. The molecule has 0 aliphatic rings. The van der Waals surface area contributed by atoms with E-state index in [2.05, 4.69) is 23.0 Å². The van der Waals surface area contributed by atoms with E-state index in [-0.39, 0.29) is 5.82 Å². The molecule has 0 spiro atoms.